The van der Waals surface area contributed by atoms with Gasteiger partial charge in [0.25, 0.3) is 5.69 Å². The number of hydrogen-bond acceptors (Lipinski definition) is 6. The van der Waals surface area contributed by atoms with Gasteiger partial charge >= 0.3 is 0 Å². The highest BCUT2D eigenvalue weighted by Crippen LogP contribution is 2.20. The van der Waals surface area contributed by atoms with E-state index in [9.17, 15) is 10.1 Å². The molecule has 4 aromatic rings. The number of aromatic nitrogens is 2. The lowest BCUT2D eigenvalue weighted by Gasteiger charge is -2.07. The van der Waals surface area contributed by atoms with Crippen LogP contribution in [0.5, 0.6) is 5.75 Å². The lowest BCUT2D eigenvalue weighted by Crippen LogP contribution is -2.02. The van der Waals surface area contributed by atoms with Crippen molar-refractivity contribution in [3.8, 4) is 5.75 Å². The number of para-hydroxylation sites is 2. The molecule has 156 valence electrons. The third-order valence-corrected chi connectivity index (χ3v) is 4.76. The number of benzene rings is 3. The molecule has 0 aliphatic heterocycles. The molecule has 0 bridgehead atoms. The highest BCUT2D eigenvalue weighted by molar-refractivity contribution is 5.81. The summed E-state index contributed by atoms with van der Waals surface area (Å²) in [7, 11) is 0. The number of aryl methyl sites for hydroxylation is 1. The van der Waals surface area contributed by atoms with Crippen LogP contribution in [0.2, 0.25) is 0 Å². The van der Waals surface area contributed by atoms with E-state index in [0.29, 0.717) is 18.3 Å². The van der Waals surface area contributed by atoms with Crippen LogP contribution in [0.1, 0.15) is 18.1 Å². The van der Waals surface area contributed by atoms with Gasteiger partial charge in [0, 0.05) is 18.7 Å². The van der Waals surface area contributed by atoms with Gasteiger partial charge in [-0.2, -0.15) is 5.10 Å². The Morgan fingerprint density at radius 2 is 1.94 bits per heavy atom. The maximum absolute atomic E-state index is 10.7. The van der Waals surface area contributed by atoms with Gasteiger partial charge in [-0.25, -0.2) is 10.4 Å². The number of nitrogens with zero attached hydrogens (tertiary/aromatic N) is 4. The highest BCUT2D eigenvalue weighted by Gasteiger charge is 2.08. The smallest absolute Gasteiger partial charge is 0.269 e. The third-order valence-electron chi connectivity index (χ3n) is 4.76. The first-order chi connectivity index (χ1) is 15.1. The number of imidazole rings is 1. The molecule has 0 saturated carbocycles. The van der Waals surface area contributed by atoms with Crippen molar-refractivity contribution in [2.75, 3.05) is 5.43 Å². The van der Waals surface area contributed by atoms with E-state index in [2.05, 4.69) is 27.0 Å². The predicted octanol–water partition coefficient (Wildman–Crippen LogP) is 4.99. The minimum atomic E-state index is -0.420. The first kappa shape index (κ1) is 20.1. The molecule has 0 aliphatic rings. The van der Waals surface area contributed by atoms with E-state index in [4.69, 9.17) is 4.74 Å². The van der Waals surface area contributed by atoms with Crippen molar-refractivity contribution in [3.05, 3.63) is 94.0 Å². The third kappa shape index (κ3) is 4.69. The fourth-order valence-electron chi connectivity index (χ4n) is 3.21. The Labute approximate surface area is 179 Å². The Hall–Kier alpha value is -4.20. The molecule has 0 spiro atoms. The van der Waals surface area contributed by atoms with Gasteiger partial charge in [0.2, 0.25) is 5.95 Å². The molecule has 4 rings (SSSR count). The summed E-state index contributed by atoms with van der Waals surface area (Å²) in [6.45, 7) is 3.16. The molecule has 31 heavy (non-hydrogen) atoms. The number of hydrogen-bond donors (Lipinski definition) is 1. The molecule has 8 heteroatoms. The maximum Gasteiger partial charge on any atom is 0.269 e. The number of anilines is 1. The average Bonchev–Trinajstić information content (AvgIpc) is 3.15. The summed E-state index contributed by atoms with van der Waals surface area (Å²) in [5.74, 6) is 1.37. The lowest BCUT2D eigenvalue weighted by atomic mass is 10.2. The molecule has 0 aliphatic carbocycles. The molecule has 1 N–H and O–H groups in total. The summed E-state index contributed by atoms with van der Waals surface area (Å²) in [6, 6.07) is 21.8. The van der Waals surface area contributed by atoms with E-state index in [0.717, 1.165) is 28.7 Å². The van der Waals surface area contributed by atoms with Crippen LogP contribution < -0.4 is 10.2 Å². The molecule has 8 nitrogen and oxygen atoms in total. The molecule has 0 fully saturated rings. The van der Waals surface area contributed by atoms with Crippen LogP contribution in [0.4, 0.5) is 11.6 Å². The molecule has 0 saturated heterocycles. The number of nitro benzene ring substituents is 1. The Kier molecular flexibility index (Phi) is 5.89. The van der Waals surface area contributed by atoms with Gasteiger partial charge in [-0.1, -0.05) is 24.3 Å². The van der Waals surface area contributed by atoms with Crippen LogP contribution in [0, 0.1) is 10.1 Å². The first-order valence-electron chi connectivity index (χ1n) is 9.84. The minimum absolute atomic E-state index is 0.0612. The number of non-ortho nitro benzene ring substituents is 1. The Morgan fingerprint density at radius 3 is 2.71 bits per heavy atom. The fraction of sp³-hybridized carbons (Fsp3) is 0.130. The van der Waals surface area contributed by atoms with Crippen molar-refractivity contribution < 1.29 is 9.66 Å². The van der Waals surface area contributed by atoms with Crippen molar-refractivity contribution in [2.24, 2.45) is 5.10 Å². The average molecular weight is 415 g/mol. The van der Waals surface area contributed by atoms with Gasteiger partial charge in [-0.3, -0.25) is 10.1 Å². The van der Waals surface area contributed by atoms with E-state index in [1.807, 2.05) is 48.5 Å². The first-order valence-corrected chi connectivity index (χ1v) is 9.84. The Bertz CT molecular complexity index is 1230. The summed E-state index contributed by atoms with van der Waals surface area (Å²) in [5, 5.41) is 15.1. The van der Waals surface area contributed by atoms with Crippen LogP contribution in [0.25, 0.3) is 11.0 Å². The molecular formula is C23H21N5O3. The Morgan fingerprint density at radius 1 is 1.13 bits per heavy atom. The van der Waals surface area contributed by atoms with Gasteiger partial charge in [-0.15, -0.1) is 0 Å². The summed E-state index contributed by atoms with van der Waals surface area (Å²) in [6.07, 6.45) is 1.71. The molecule has 3 aromatic carbocycles. The molecule has 0 amide bonds. The molecule has 0 atom stereocenters. The number of ether oxygens (including phenoxy) is 1. The van der Waals surface area contributed by atoms with Gasteiger partial charge in [0.15, 0.2) is 0 Å². The second-order valence-corrected chi connectivity index (χ2v) is 6.82. The summed E-state index contributed by atoms with van der Waals surface area (Å²) >= 11 is 0. The van der Waals surface area contributed by atoms with E-state index in [1.165, 1.54) is 12.1 Å². The fourth-order valence-corrected chi connectivity index (χ4v) is 3.21. The van der Waals surface area contributed by atoms with Crippen molar-refractivity contribution in [2.45, 2.75) is 20.1 Å². The normalized spacial score (nSPS) is 11.1. The van der Waals surface area contributed by atoms with E-state index >= 15 is 0 Å². The summed E-state index contributed by atoms with van der Waals surface area (Å²) < 4.78 is 7.87. The Balaban J connectivity index is 1.40. The summed E-state index contributed by atoms with van der Waals surface area (Å²) in [4.78, 5) is 14.9. The number of nitrogens with one attached hydrogen (secondary N) is 1. The predicted molar refractivity (Wildman–Crippen MR) is 120 cm³/mol. The van der Waals surface area contributed by atoms with E-state index < -0.39 is 4.92 Å². The van der Waals surface area contributed by atoms with Crippen LogP contribution in [0.3, 0.4) is 0 Å². The van der Waals surface area contributed by atoms with Crippen molar-refractivity contribution >= 4 is 28.9 Å². The molecule has 0 unspecified atom stereocenters. The van der Waals surface area contributed by atoms with Gasteiger partial charge < -0.3 is 9.30 Å². The van der Waals surface area contributed by atoms with Crippen LogP contribution in [-0.4, -0.2) is 20.7 Å². The minimum Gasteiger partial charge on any atom is -0.489 e. The maximum atomic E-state index is 10.7. The van der Waals surface area contributed by atoms with Crippen LogP contribution in [-0.2, 0) is 13.2 Å². The van der Waals surface area contributed by atoms with Crippen molar-refractivity contribution in [1.29, 1.82) is 0 Å². The molecule has 1 heterocycles. The standard InChI is InChI=1S/C23H21N5O3/c1-2-27-22-9-4-3-8-21(22)25-23(27)26-24-15-18-6-5-7-20(14-18)31-16-17-10-12-19(13-11-17)28(29)30/h3-15H,2,16H2,1H3,(H,25,26)/b24-15-. The van der Waals surface area contributed by atoms with Gasteiger partial charge in [0.1, 0.15) is 12.4 Å². The number of hydrazone groups is 1. The molecule has 1 aromatic heterocycles. The van der Waals surface area contributed by atoms with E-state index in [-0.39, 0.29) is 5.69 Å². The highest BCUT2D eigenvalue weighted by atomic mass is 16.6. The monoisotopic (exact) mass is 415 g/mol. The van der Waals surface area contributed by atoms with Gasteiger partial charge in [-0.05, 0) is 54.4 Å². The lowest BCUT2D eigenvalue weighted by molar-refractivity contribution is -0.384. The zero-order chi connectivity index (χ0) is 21.6. The van der Waals surface area contributed by atoms with Crippen molar-refractivity contribution in [1.82, 2.24) is 9.55 Å². The second-order valence-electron chi connectivity index (χ2n) is 6.82. The topological polar surface area (TPSA) is 94.6 Å². The number of rotatable bonds is 8. The largest absolute Gasteiger partial charge is 0.489 e. The van der Waals surface area contributed by atoms with Crippen molar-refractivity contribution in [3.63, 3.8) is 0 Å². The van der Waals surface area contributed by atoms with Crippen LogP contribution >= 0.6 is 0 Å². The van der Waals surface area contributed by atoms with Gasteiger partial charge in [0.05, 0.1) is 22.2 Å². The zero-order valence-electron chi connectivity index (χ0n) is 16.9. The molecular weight excluding hydrogens is 394 g/mol. The van der Waals surface area contributed by atoms with Crippen LogP contribution in [0.15, 0.2) is 77.9 Å². The SMILES string of the molecule is CCn1c(N/N=C\c2cccc(OCc3ccc([N+](=O)[O-])cc3)c2)nc2ccccc21. The summed E-state index contributed by atoms with van der Waals surface area (Å²) in [5.41, 5.74) is 6.78. The quantitative estimate of drug-likeness (QED) is 0.249. The number of nitro groups is 1. The second kappa shape index (κ2) is 9.08. The zero-order valence-corrected chi connectivity index (χ0v) is 16.9. The number of fused-ring (bicyclic) bond motifs is 1. The molecule has 0 radical (unpaired) electrons. The van der Waals surface area contributed by atoms with E-state index in [1.54, 1.807) is 18.3 Å².